The summed E-state index contributed by atoms with van der Waals surface area (Å²) < 4.78 is 0. The van der Waals surface area contributed by atoms with Crippen molar-refractivity contribution in [3.8, 4) is 0 Å². The third kappa shape index (κ3) is 3.13. The van der Waals surface area contributed by atoms with Gasteiger partial charge in [-0.2, -0.15) is 0 Å². The summed E-state index contributed by atoms with van der Waals surface area (Å²) in [7, 11) is 0. The molecule has 1 unspecified atom stereocenters. The monoisotopic (exact) mass is 223 g/mol. The molecule has 0 saturated heterocycles. The average molecular weight is 224 g/mol. The smallest absolute Gasteiger partial charge is 0.0426 e. The van der Waals surface area contributed by atoms with Gasteiger partial charge in [0.15, 0.2) is 0 Å². The average Bonchev–Trinajstić information content (AvgIpc) is 2.11. The van der Waals surface area contributed by atoms with Crippen molar-refractivity contribution in [3.63, 3.8) is 0 Å². The Hall–Kier alpha value is -0.690. The SMILES string of the molecule is CC(CC1CCC1)Nc1cccc(Cl)c1. The third-order valence-corrected chi connectivity index (χ3v) is 3.38. The van der Waals surface area contributed by atoms with Gasteiger partial charge in [-0.1, -0.05) is 36.9 Å². The fourth-order valence-electron chi connectivity index (χ4n) is 2.15. The summed E-state index contributed by atoms with van der Waals surface area (Å²) in [6, 6.07) is 8.50. The molecule has 82 valence electrons. The van der Waals surface area contributed by atoms with E-state index in [1.165, 1.54) is 25.7 Å². The van der Waals surface area contributed by atoms with E-state index in [4.69, 9.17) is 11.6 Å². The number of rotatable bonds is 4. The molecule has 0 radical (unpaired) electrons. The van der Waals surface area contributed by atoms with Gasteiger partial charge in [0, 0.05) is 16.8 Å². The van der Waals surface area contributed by atoms with E-state index in [0.717, 1.165) is 16.6 Å². The van der Waals surface area contributed by atoms with Crippen molar-refractivity contribution in [1.82, 2.24) is 0 Å². The van der Waals surface area contributed by atoms with Gasteiger partial charge in [-0.25, -0.2) is 0 Å². The Morgan fingerprint density at radius 2 is 2.27 bits per heavy atom. The third-order valence-electron chi connectivity index (χ3n) is 3.15. The van der Waals surface area contributed by atoms with Crippen molar-refractivity contribution in [2.24, 2.45) is 5.92 Å². The van der Waals surface area contributed by atoms with E-state index < -0.39 is 0 Å². The second-order valence-corrected chi connectivity index (χ2v) is 5.02. The molecule has 0 heterocycles. The van der Waals surface area contributed by atoms with Gasteiger partial charge in [-0.3, -0.25) is 0 Å². The molecule has 15 heavy (non-hydrogen) atoms. The number of hydrogen-bond donors (Lipinski definition) is 1. The Kier molecular flexibility index (Phi) is 3.53. The van der Waals surface area contributed by atoms with Crippen LogP contribution in [0.5, 0.6) is 0 Å². The summed E-state index contributed by atoms with van der Waals surface area (Å²) >= 11 is 5.93. The molecule has 2 heteroatoms. The van der Waals surface area contributed by atoms with Crippen molar-refractivity contribution in [1.29, 1.82) is 0 Å². The lowest BCUT2D eigenvalue weighted by Crippen LogP contribution is -2.23. The van der Waals surface area contributed by atoms with Crippen molar-refractivity contribution in [2.75, 3.05) is 5.32 Å². The maximum Gasteiger partial charge on any atom is 0.0426 e. The minimum absolute atomic E-state index is 0.550. The molecule has 1 aromatic carbocycles. The fourth-order valence-corrected chi connectivity index (χ4v) is 2.34. The zero-order chi connectivity index (χ0) is 10.7. The molecule has 0 aromatic heterocycles. The predicted molar refractivity (Wildman–Crippen MR) is 66.5 cm³/mol. The predicted octanol–water partition coefficient (Wildman–Crippen LogP) is 4.33. The Bertz CT molecular complexity index is 320. The van der Waals surface area contributed by atoms with Gasteiger partial charge in [0.2, 0.25) is 0 Å². The molecule has 1 aliphatic rings. The molecule has 1 nitrogen and oxygen atoms in total. The summed E-state index contributed by atoms with van der Waals surface area (Å²) in [6.07, 6.45) is 5.55. The van der Waals surface area contributed by atoms with Gasteiger partial charge in [0.1, 0.15) is 0 Å². The molecule has 1 saturated carbocycles. The van der Waals surface area contributed by atoms with E-state index in [9.17, 15) is 0 Å². The summed E-state index contributed by atoms with van der Waals surface area (Å²) in [6.45, 7) is 2.25. The second-order valence-electron chi connectivity index (χ2n) is 4.59. The summed E-state index contributed by atoms with van der Waals surface area (Å²) in [5, 5.41) is 4.30. The van der Waals surface area contributed by atoms with Crippen LogP contribution in [0.4, 0.5) is 5.69 Å². The highest BCUT2D eigenvalue weighted by Crippen LogP contribution is 2.31. The first kappa shape index (κ1) is 10.8. The minimum atomic E-state index is 0.550. The first-order chi connectivity index (χ1) is 7.24. The molecular formula is C13H18ClN. The lowest BCUT2D eigenvalue weighted by molar-refractivity contribution is 0.286. The molecule has 1 aliphatic carbocycles. The van der Waals surface area contributed by atoms with Crippen LogP contribution in [0.2, 0.25) is 5.02 Å². The zero-order valence-corrected chi connectivity index (χ0v) is 9.93. The molecule has 1 atom stereocenters. The first-order valence-corrected chi connectivity index (χ1v) is 6.14. The van der Waals surface area contributed by atoms with Crippen LogP contribution in [-0.4, -0.2) is 6.04 Å². The molecular weight excluding hydrogens is 206 g/mol. The van der Waals surface area contributed by atoms with E-state index in [2.05, 4.69) is 18.3 Å². The molecule has 1 aromatic rings. The largest absolute Gasteiger partial charge is 0.383 e. The van der Waals surface area contributed by atoms with Crippen molar-refractivity contribution in [2.45, 2.75) is 38.6 Å². The molecule has 0 spiro atoms. The second kappa shape index (κ2) is 4.89. The highest BCUT2D eigenvalue weighted by molar-refractivity contribution is 6.30. The Morgan fingerprint density at radius 1 is 1.47 bits per heavy atom. The topological polar surface area (TPSA) is 12.0 Å². The van der Waals surface area contributed by atoms with Crippen LogP contribution in [0.3, 0.4) is 0 Å². The van der Waals surface area contributed by atoms with Gasteiger partial charge in [-0.15, -0.1) is 0 Å². The number of hydrogen-bond acceptors (Lipinski definition) is 1. The lowest BCUT2D eigenvalue weighted by atomic mass is 9.81. The van der Waals surface area contributed by atoms with E-state index in [1.54, 1.807) is 0 Å². The quantitative estimate of drug-likeness (QED) is 0.801. The molecule has 0 bridgehead atoms. The number of benzene rings is 1. The summed E-state index contributed by atoms with van der Waals surface area (Å²) in [5.41, 5.74) is 1.13. The Morgan fingerprint density at radius 3 is 2.87 bits per heavy atom. The molecule has 0 amide bonds. The standard InChI is InChI=1S/C13H18ClN/c1-10(8-11-4-2-5-11)15-13-7-3-6-12(14)9-13/h3,6-7,9-11,15H,2,4-5,8H2,1H3. The van der Waals surface area contributed by atoms with Gasteiger partial charge in [0.25, 0.3) is 0 Å². The summed E-state index contributed by atoms with van der Waals surface area (Å²) in [5.74, 6) is 0.951. The zero-order valence-electron chi connectivity index (χ0n) is 9.17. The minimum Gasteiger partial charge on any atom is -0.383 e. The number of halogens is 1. The lowest BCUT2D eigenvalue weighted by Gasteiger charge is -2.28. The van der Waals surface area contributed by atoms with E-state index in [0.29, 0.717) is 6.04 Å². The van der Waals surface area contributed by atoms with Crippen LogP contribution in [0.25, 0.3) is 0 Å². The highest BCUT2D eigenvalue weighted by atomic mass is 35.5. The van der Waals surface area contributed by atoms with E-state index in [1.807, 2.05) is 18.2 Å². The number of anilines is 1. The van der Waals surface area contributed by atoms with Crippen LogP contribution in [0.15, 0.2) is 24.3 Å². The normalized spacial score (nSPS) is 18.3. The molecule has 1 N–H and O–H groups in total. The molecule has 1 fully saturated rings. The molecule has 2 rings (SSSR count). The van der Waals surface area contributed by atoms with Crippen LogP contribution >= 0.6 is 11.6 Å². The number of nitrogens with one attached hydrogen (secondary N) is 1. The molecule has 0 aliphatic heterocycles. The van der Waals surface area contributed by atoms with Crippen LogP contribution in [0, 0.1) is 5.92 Å². The summed E-state index contributed by atoms with van der Waals surface area (Å²) in [4.78, 5) is 0. The van der Waals surface area contributed by atoms with Crippen LogP contribution in [-0.2, 0) is 0 Å². The van der Waals surface area contributed by atoms with Crippen LogP contribution in [0.1, 0.15) is 32.6 Å². The highest BCUT2D eigenvalue weighted by Gasteiger charge is 2.19. The maximum absolute atomic E-state index is 5.93. The van der Waals surface area contributed by atoms with Gasteiger partial charge in [0.05, 0.1) is 0 Å². The fraction of sp³-hybridized carbons (Fsp3) is 0.538. The Labute approximate surface area is 96.8 Å². The Balaban J connectivity index is 1.84. The van der Waals surface area contributed by atoms with Gasteiger partial charge < -0.3 is 5.32 Å². The van der Waals surface area contributed by atoms with Crippen molar-refractivity contribution < 1.29 is 0 Å². The maximum atomic E-state index is 5.93. The van der Waals surface area contributed by atoms with E-state index >= 15 is 0 Å². The van der Waals surface area contributed by atoms with Gasteiger partial charge in [-0.05, 0) is 37.5 Å². The van der Waals surface area contributed by atoms with Crippen molar-refractivity contribution >= 4 is 17.3 Å². The van der Waals surface area contributed by atoms with E-state index in [-0.39, 0.29) is 0 Å². The first-order valence-electron chi connectivity index (χ1n) is 5.76. The van der Waals surface area contributed by atoms with Crippen LogP contribution < -0.4 is 5.32 Å². The van der Waals surface area contributed by atoms with Gasteiger partial charge >= 0.3 is 0 Å². The van der Waals surface area contributed by atoms with Crippen molar-refractivity contribution in [3.05, 3.63) is 29.3 Å².